The molecule has 1 aromatic carbocycles. The molecular formula is C19H19F2NO5. The molecule has 0 aliphatic heterocycles. The Bertz CT molecular complexity index is 888. The smallest absolute Gasteiger partial charge is 0.387 e. The molecule has 0 saturated carbocycles. The van der Waals surface area contributed by atoms with Crippen LogP contribution in [-0.4, -0.2) is 35.2 Å². The Kier molecular flexibility index (Phi) is 6.09. The van der Waals surface area contributed by atoms with Crippen LogP contribution in [0, 0.1) is 13.8 Å². The molecule has 0 amide bonds. The highest BCUT2D eigenvalue weighted by Gasteiger charge is 2.26. The van der Waals surface area contributed by atoms with Gasteiger partial charge in [-0.2, -0.15) is 8.78 Å². The molecule has 1 aromatic heterocycles. The monoisotopic (exact) mass is 379 g/mol. The van der Waals surface area contributed by atoms with Crippen molar-refractivity contribution in [3.05, 3.63) is 52.3 Å². The summed E-state index contributed by atoms with van der Waals surface area (Å²) in [5.74, 6) is -1.74. The number of esters is 1. The van der Waals surface area contributed by atoms with Gasteiger partial charge in [-0.05, 0) is 51.5 Å². The first kappa shape index (κ1) is 20.3. The first-order valence-corrected chi connectivity index (χ1v) is 8.12. The molecule has 8 heteroatoms. The van der Waals surface area contributed by atoms with Crippen LogP contribution in [0.15, 0.2) is 24.3 Å². The number of nitrogens with one attached hydrogen (secondary N) is 1. The number of hydrogen-bond acceptors (Lipinski definition) is 5. The van der Waals surface area contributed by atoms with Crippen molar-refractivity contribution in [1.82, 2.24) is 4.98 Å². The van der Waals surface area contributed by atoms with Crippen molar-refractivity contribution in [1.29, 1.82) is 0 Å². The van der Waals surface area contributed by atoms with Crippen molar-refractivity contribution >= 4 is 17.5 Å². The Morgan fingerprint density at radius 2 is 1.81 bits per heavy atom. The van der Waals surface area contributed by atoms with Crippen LogP contribution in [0.5, 0.6) is 5.75 Å². The van der Waals surface area contributed by atoms with Crippen LogP contribution in [0.4, 0.5) is 8.78 Å². The lowest BCUT2D eigenvalue weighted by Crippen LogP contribution is -2.25. The number of halogens is 2. The molecule has 0 radical (unpaired) electrons. The lowest BCUT2D eigenvalue weighted by molar-refractivity contribution is -0.0499. The number of aromatic nitrogens is 1. The lowest BCUT2D eigenvalue weighted by atomic mass is 10.0. The van der Waals surface area contributed by atoms with Gasteiger partial charge in [-0.1, -0.05) is 6.07 Å². The van der Waals surface area contributed by atoms with Crippen LogP contribution in [0.1, 0.15) is 56.3 Å². The minimum atomic E-state index is -3.02. The Hall–Kier alpha value is -3.03. The van der Waals surface area contributed by atoms with Crippen LogP contribution >= 0.6 is 0 Å². The van der Waals surface area contributed by atoms with Gasteiger partial charge in [0.05, 0.1) is 11.3 Å². The number of aryl methyl sites for hydroxylation is 1. The molecular weight excluding hydrogens is 360 g/mol. The molecule has 0 spiro atoms. The van der Waals surface area contributed by atoms with Crippen LogP contribution in [0.25, 0.3) is 0 Å². The lowest BCUT2D eigenvalue weighted by Gasteiger charge is -2.13. The fourth-order valence-corrected chi connectivity index (χ4v) is 2.81. The Balaban J connectivity index is 2.16. The number of carbonyl (C=O) groups excluding carboxylic acids is 3. The molecule has 0 saturated heterocycles. The van der Waals surface area contributed by atoms with E-state index in [1.165, 1.54) is 32.0 Å². The van der Waals surface area contributed by atoms with E-state index in [2.05, 4.69) is 9.72 Å². The van der Waals surface area contributed by atoms with Crippen molar-refractivity contribution in [2.45, 2.75) is 40.4 Å². The fraction of sp³-hybridized carbons (Fsp3) is 0.316. The normalized spacial score (nSPS) is 12.0. The maximum absolute atomic E-state index is 12.6. The Morgan fingerprint density at radius 1 is 1.15 bits per heavy atom. The summed E-state index contributed by atoms with van der Waals surface area (Å²) >= 11 is 0. The number of rotatable bonds is 7. The quantitative estimate of drug-likeness (QED) is 0.583. The van der Waals surface area contributed by atoms with E-state index in [9.17, 15) is 23.2 Å². The van der Waals surface area contributed by atoms with Gasteiger partial charge >= 0.3 is 12.6 Å². The summed E-state index contributed by atoms with van der Waals surface area (Å²) in [6.07, 6.45) is -1.14. The van der Waals surface area contributed by atoms with Crippen LogP contribution in [0.3, 0.4) is 0 Å². The second-order valence-corrected chi connectivity index (χ2v) is 6.00. The predicted molar refractivity (Wildman–Crippen MR) is 92.6 cm³/mol. The molecule has 27 heavy (non-hydrogen) atoms. The third-order valence-electron chi connectivity index (χ3n) is 3.98. The first-order chi connectivity index (χ1) is 12.6. The van der Waals surface area contributed by atoms with Crippen LogP contribution in [-0.2, 0) is 4.74 Å². The molecule has 1 N–H and O–H groups in total. The fourth-order valence-electron chi connectivity index (χ4n) is 2.81. The number of benzene rings is 1. The number of alkyl halides is 2. The summed E-state index contributed by atoms with van der Waals surface area (Å²) in [4.78, 5) is 39.3. The maximum atomic E-state index is 12.6. The van der Waals surface area contributed by atoms with E-state index in [1.807, 2.05) is 0 Å². The van der Waals surface area contributed by atoms with Crippen molar-refractivity contribution in [2.24, 2.45) is 0 Å². The molecule has 2 rings (SSSR count). The van der Waals surface area contributed by atoms with Crippen LogP contribution in [0.2, 0.25) is 0 Å². The zero-order valence-electron chi connectivity index (χ0n) is 15.3. The van der Waals surface area contributed by atoms with E-state index in [-0.39, 0.29) is 22.8 Å². The van der Waals surface area contributed by atoms with E-state index in [1.54, 1.807) is 13.8 Å². The summed E-state index contributed by atoms with van der Waals surface area (Å²) < 4.78 is 33.9. The highest BCUT2D eigenvalue weighted by Crippen LogP contribution is 2.21. The summed E-state index contributed by atoms with van der Waals surface area (Å²) in [5, 5.41) is 0. The molecule has 2 aromatic rings. The van der Waals surface area contributed by atoms with E-state index < -0.39 is 24.5 Å². The molecule has 6 nitrogen and oxygen atoms in total. The van der Waals surface area contributed by atoms with E-state index >= 15 is 0 Å². The van der Waals surface area contributed by atoms with Gasteiger partial charge in [0, 0.05) is 11.3 Å². The number of Topliss-reactive ketones (excluding diaryl/α,β-unsaturated/α-hetero) is 2. The average molecular weight is 379 g/mol. The van der Waals surface area contributed by atoms with Gasteiger partial charge in [0.25, 0.3) is 0 Å². The van der Waals surface area contributed by atoms with Crippen LogP contribution < -0.4 is 4.74 Å². The second-order valence-electron chi connectivity index (χ2n) is 6.00. The summed E-state index contributed by atoms with van der Waals surface area (Å²) in [7, 11) is 0. The summed E-state index contributed by atoms with van der Waals surface area (Å²) in [6.45, 7) is 3.07. The molecule has 0 aliphatic rings. The standard InChI is InChI=1S/C19H19F2NO5/c1-9-15(11(3)23)10(2)22-16(9)17(24)12(4)26-18(25)13-6-5-7-14(8-13)27-19(20)21/h5-8,12,19,22H,1-4H3/t12-/m0/s1. The van der Waals surface area contributed by atoms with E-state index in [0.717, 1.165) is 6.07 Å². The third kappa shape index (κ3) is 4.58. The molecule has 0 aliphatic carbocycles. The minimum absolute atomic E-state index is 0.0309. The summed E-state index contributed by atoms with van der Waals surface area (Å²) in [5.41, 5.74) is 1.62. The average Bonchev–Trinajstić information content (AvgIpc) is 2.88. The van der Waals surface area contributed by atoms with Crippen molar-refractivity contribution < 1.29 is 32.6 Å². The van der Waals surface area contributed by atoms with Gasteiger partial charge in [0.15, 0.2) is 11.9 Å². The Labute approximate surface area is 154 Å². The number of H-pyrrole nitrogens is 1. The summed E-state index contributed by atoms with van der Waals surface area (Å²) in [6, 6.07) is 5.09. The highest BCUT2D eigenvalue weighted by molar-refractivity contribution is 6.05. The number of ketones is 2. The van der Waals surface area contributed by atoms with Gasteiger partial charge in [-0.15, -0.1) is 0 Å². The predicted octanol–water partition coefficient (Wildman–Crippen LogP) is 3.86. The number of carbonyl (C=O) groups is 3. The molecule has 0 unspecified atom stereocenters. The van der Waals surface area contributed by atoms with Crippen molar-refractivity contribution in [3.8, 4) is 5.75 Å². The van der Waals surface area contributed by atoms with Crippen molar-refractivity contribution in [3.63, 3.8) is 0 Å². The number of ether oxygens (including phenoxy) is 2. The van der Waals surface area contributed by atoms with Gasteiger partial charge < -0.3 is 14.5 Å². The van der Waals surface area contributed by atoms with E-state index in [0.29, 0.717) is 16.8 Å². The maximum Gasteiger partial charge on any atom is 0.387 e. The minimum Gasteiger partial charge on any atom is -0.451 e. The molecule has 1 atom stereocenters. The van der Waals surface area contributed by atoms with E-state index in [4.69, 9.17) is 4.74 Å². The molecule has 1 heterocycles. The number of hydrogen-bond donors (Lipinski definition) is 1. The SMILES string of the molecule is CC(=O)c1c(C)[nH]c(C(=O)[C@H](C)OC(=O)c2cccc(OC(F)F)c2)c1C. The highest BCUT2D eigenvalue weighted by atomic mass is 19.3. The van der Waals surface area contributed by atoms with Crippen molar-refractivity contribution in [2.75, 3.05) is 0 Å². The Morgan fingerprint density at radius 3 is 2.37 bits per heavy atom. The zero-order valence-corrected chi connectivity index (χ0v) is 15.3. The third-order valence-corrected chi connectivity index (χ3v) is 3.98. The largest absolute Gasteiger partial charge is 0.451 e. The van der Waals surface area contributed by atoms with Gasteiger partial charge in [0.1, 0.15) is 5.75 Å². The zero-order chi connectivity index (χ0) is 20.3. The first-order valence-electron chi connectivity index (χ1n) is 8.12. The van der Waals surface area contributed by atoms with Gasteiger partial charge in [0.2, 0.25) is 5.78 Å². The van der Waals surface area contributed by atoms with Gasteiger partial charge in [-0.3, -0.25) is 9.59 Å². The molecule has 0 bridgehead atoms. The van der Waals surface area contributed by atoms with Gasteiger partial charge in [-0.25, -0.2) is 4.79 Å². The molecule has 144 valence electrons. The number of aromatic amines is 1. The topological polar surface area (TPSA) is 85.5 Å². The molecule has 0 fully saturated rings. The second kappa shape index (κ2) is 8.11.